The highest BCUT2D eigenvalue weighted by Crippen LogP contribution is 2.47. The highest BCUT2D eigenvalue weighted by molar-refractivity contribution is 6.32. The Labute approximate surface area is 214 Å². The maximum absolute atomic E-state index is 13.8. The fourth-order valence-corrected chi connectivity index (χ4v) is 5.22. The van der Waals surface area contributed by atoms with Crippen LogP contribution in [0, 0.1) is 0 Å². The summed E-state index contributed by atoms with van der Waals surface area (Å²) in [5.41, 5.74) is 4.95. The van der Waals surface area contributed by atoms with E-state index in [-0.39, 0.29) is 28.2 Å². The van der Waals surface area contributed by atoms with Crippen LogP contribution in [0.2, 0.25) is 5.02 Å². The first-order chi connectivity index (χ1) is 17.4. The number of methoxy groups -OCH3 is 3. The molecule has 7 nitrogen and oxygen atoms in total. The Morgan fingerprint density at radius 2 is 1.56 bits per heavy atom. The Balaban J connectivity index is 1.61. The monoisotopic (exact) mass is 506 g/mol. The predicted molar refractivity (Wildman–Crippen MR) is 140 cm³/mol. The van der Waals surface area contributed by atoms with Crippen molar-refractivity contribution < 1.29 is 24.1 Å². The van der Waals surface area contributed by atoms with Gasteiger partial charge in [-0.1, -0.05) is 29.8 Å². The van der Waals surface area contributed by atoms with Crippen molar-refractivity contribution in [1.82, 2.24) is 0 Å². The van der Waals surface area contributed by atoms with Crippen LogP contribution in [0.15, 0.2) is 65.9 Å². The van der Waals surface area contributed by atoms with E-state index in [1.165, 1.54) is 7.11 Å². The van der Waals surface area contributed by atoms with Crippen LogP contribution in [-0.4, -0.2) is 32.2 Å². The van der Waals surface area contributed by atoms with E-state index in [4.69, 9.17) is 25.8 Å². The number of hydrogen-bond acceptors (Lipinski definition) is 7. The number of ether oxygens (including phenoxy) is 3. The van der Waals surface area contributed by atoms with Gasteiger partial charge in [0.15, 0.2) is 28.8 Å². The number of benzene rings is 3. The molecule has 186 valence electrons. The summed E-state index contributed by atoms with van der Waals surface area (Å²) < 4.78 is 16.2. The maximum atomic E-state index is 13.8. The molecule has 1 heterocycles. The van der Waals surface area contributed by atoms with Gasteiger partial charge in [0.25, 0.3) is 0 Å². The molecule has 0 fully saturated rings. The molecule has 3 N–H and O–H groups in total. The number of fused-ring (bicyclic) bond motifs is 1. The van der Waals surface area contributed by atoms with Crippen LogP contribution in [0.5, 0.6) is 23.0 Å². The fraction of sp³-hybridized carbons (Fsp3) is 0.250. The number of carbonyl (C=O) groups excluding carboxylic acids is 1. The number of anilines is 2. The van der Waals surface area contributed by atoms with E-state index < -0.39 is 6.04 Å². The number of allylic oxidation sites excluding steroid dienone is 1. The lowest BCUT2D eigenvalue weighted by atomic mass is 9.78. The van der Waals surface area contributed by atoms with Gasteiger partial charge in [0.1, 0.15) is 0 Å². The molecule has 5 rings (SSSR count). The highest BCUT2D eigenvalue weighted by Gasteiger charge is 2.36. The maximum Gasteiger partial charge on any atom is 0.176 e. The number of carbonyl (C=O) groups is 1. The summed E-state index contributed by atoms with van der Waals surface area (Å²) in [6.07, 6.45) is 0.972. The topological polar surface area (TPSA) is 89.1 Å². The number of phenolic OH excluding ortho intramolecular Hbond substituents is 1. The van der Waals surface area contributed by atoms with E-state index >= 15 is 0 Å². The zero-order chi connectivity index (χ0) is 25.4. The Hall–Kier alpha value is -3.84. The summed E-state index contributed by atoms with van der Waals surface area (Å²) in [6, 6.07) is 16.5. The normalized spacial score (nSPS) is 18.8. The third-order valence-electron chi connectivity index (χ3n) is 6.79. The lowest BCUT2D eigenvalue weighted by Crippen LogP contribution is -2.27. The van der Waals surface area contributed by atoms with Gasteiger partial charge in [0, 0.05) is 17.7 Å². The number of para-hydroxylation sites is 2. The van der Waals surface area contributed by atoms with E-state index in [9.17, 15) is 9.90 Å². The molecule has 3 aromatic rings. The summed E-state index contributed by atoms with van der Waals surface area (Å²) >= 11 is 6.33. The van der Waals surface area contributed by atoms with Gasteiger partial charge in [-0.15, -0.1) is 0 Å². The second-order valence-electron chi connectivity index (χ2n) is 8.84. The Morgan fingerprint density at radius 3 is 2.28 bits per heavy atom. The number of rotatable bonds is 5. The number of ketones is 1. The minimum atomic E-state index is -0.484. The van der Waals surface area contributed by atoms with Crippen molar-refractivity contribution >= 4 is 28.8 Å². The second kappa shape index (κ2) is 9.66. The number of aromatic hydroxyl groups is 1. The molecule has 36 heavy (non-hydrogen) atoms. The lowest BCUT2D eigenvalue weighted by molar-refractivity contribution is -0.116. The van der Waals surface area contributed by atoms with Gasteiger partial charge in [-0.25, -0.2) is 0 Å². The number of hydrogen-bond donors (Lipinski definition) is 3. The summed E-state index contributed by atoms with van der Waals surface area (Å²) in [7, 11) is 4.67. The molecular formula is C28H27ClN2O5. The predicted octanol–water partition coefficient (Wildman–Crippen LogP) is 6.05. The fourth-order valence-electron chi connectivity index (χ4n) is 5.00. The average Bonchev–Trinajstić information content (AvgIpc) is 3.06. The quantitative estimate of drug-likeness (QED) is 0.388. The molecule has 0 saturated carbocycles. The zero-order valence-electron chi connectivity index (χ0n) is 20.2. The minimum Gasteiger partial charge on any atom is -0.503 e. The van der Waals surface area contributed by atoms with Gasteiger partial charge in [-0.2, -0.15) is 0 Å². The van der Waals surface area contributed by atoms with Gasteiger partial charge in [0.2, 0.25) is 0 Å². The second-order valence-corrected chi connectivity index (χ2v) is 9.24. The lowest BCUT2D eigenvalue weighted by Gasteiger charge is -2.30. The van der Waals surface area contributed by atoms with E-state index in [1.54, 1.807) is 26.4 Å². The molecule has 0 saturated heterocycles. The van der Waals surface area contributed by atoms with Crippen molar-refractivity contribution in [1.29, 1.82) is 0 Å². The first-order valence-electron chi connectivity index (χ1n) is 11.6. The van der Waals surface area contributed by atoms with Gasteiger partial charge in [0.05, 0.1) is 43.8 Å². The molecule has 1 aliphatic carbocycles. The van der Waals surface area contributed by atoms with E-state index in [0.29, 0.717) is 29.9 Å². The molecule has 3 aromatic carbocycles. The third-order valence-corrected chi connectivity index (χ3v) is 7.08. The van der Waals surface area contributed by atoms with E-state index in [2.05, 4.69) is 10.6 Å². The molecule has 2 aliphatic rings. The molecule has 2 unspecified atom stereocenters. The van der Waals surface area contributed by atoms with Crippen molar-refractivity contribution in [3.63, 3.8) is 0 Å². The molecule has 0 amide bonds. The van der Waals surface area contributed by atoms with Crippen LogP contribution in [0.4, 0.5) is 11.4 Å². The number of halogens is 1. The third kappa shape index (κ3) is 4.20. The van der Waals surface area contributed by atoms with Crippen LogP contribution < -0.4 is 24.8 Å². The molecular weight excluding hydrogens is 480 g/mol. The minimum absolute atomic E-state index is 0.0250. The highest BCUT2D eigenvalue weighted by atomic mass is 35.5. The van der Waals surface area contributed by atoms with Crippen LogP contribution in [0.1, 0.15) is 35.9 Å². The Kier molecular flexibility index (Phi) is 6.41. The summed E-state index contributed by atoms with van der Waals surface area (Å²) in [4.78, 5) is 13.8. The molecule has 2 atom stereocenters. The van der Waals surface area contributed by atoms with Crippen LogP contribution in [0.25, 0.3) is 0 Å². The van der Waals surface area contributed by atoms with Crippen LogP contribution in [0.3, 0.4) is 0 Å². The van der Waals surface area contributed by atoms with Crippen molar-refractivity contribution in [3.05, 3.63) is 82.0 Å². The Bertz CT molecular complexity index is 1370. The average molecular weight is 507 g/mol. The van der Waals surface area contributed by atoms with Gasteiger partial charge >= 0.3 is 0 Å². The van der Waals surface area contributed by atoms with Crippen LogP contribution in [-0.2, 0) is 4.79 Å². The van der Waals surface area contributed by atoms with E-state index in [1.807, 2.05) is 42.5 Å². The first kappa shape index (κ1) is 23.9. The summed E-state index contributed by atoms with van der Waals surface area (Å²) in [6.45, 7) is 0. The molecule has 0 radical (unpaired) electrons. The molecule has 1 aliphatic heterocycles. The van der Waals surface area contributed by atoms with Crippen LogP contribution >= 0.6 is 11.6 Å². The number of phenols is 1. The summed E-state index contributed by atoms with van der Waals surface area (Å²) in [5.74, 6) is 1.38. The number of nitrogens with one attached hydrogen (secondary N) is 2. The SMILES string of the molecule is COc1ccc(C2CC(=O)C3=C(C2)Nc2ccccc2NC3c2cc(Cl)c(O)c(OC)c2)cc1OC. The molecule has 0 aromatic heterocycles. The zero-order valence-corrected chi connectivity index (χ0v) is 21.0. The van der Waals surface area contributed by atoms with Crippen molar-refractivity contribution in [2.75, 3.05) is 32.0 Å². The van der Waals surface area contributed by atoms with Crippen molar-refractivity contribution in [2.24, 2.45) is 0 Å². The Morgan fingerprint density at radius 1 is 0.861 bits per heavy atom. The number of Topliss-reactive ketones (excluding diaryl/α,β-unsaturated/α-hetero) is 1. The van der Waals surface area contributed by atoms with Gasteiger partial charge in [-0.3, -0.25) is 4.79 Å². The van der Waals surface area contributed by atoms with E-state index in [0.717, 1.165) is 28.2 Å². The van der Waals surface area contributed by atoms with Gasteiger partial charge < -0.3 is 30.0 Å². The molecule has 0 spiro atoms. The largest absolute Gasteiger partial charge is 0.503 e. The smallest absolute Gasteiger partial charge is 0.176 e. The van der Waals surface area contributed by atoms with Crippen molar-refractivity contribution in [2.45, 2.75) is 24.8 Å². The van der Waals surface area contributed by atoms with Crippen molar-refractivity contribution in [3.8, 4) is 23.0 Å². The standard InChI is InChI=1S/C28H27ClN2O5/c1-34-23-9-8-15(13-24(23)35-2)16-11-21-26(22(32)12-16)27(31-20-7-5-4-6-19(20)30-21)17-10-18(29)28(33)25(14-17)36-3/h4-10,13-14,16,27,30-31,33H,11-12H2,1-3H3. The molecule has 0 bridgehead atoms. The first-order valence-corrected chi connectivity index (χ1v) is 12.0. The molecule has 8 heteroatoms. The van der Waals surface area contributed by atoms with Gasteiger partial charge in [-0.05, 0) is 59.9 Å². The summed E-state index contributed by atoms with van der Waals surface area (Å²) in [5, 5.41) is 17.5.